The van der Waals surface area contributed by atoms with Crippen LogP contribution in [0.3, 0.4) is 0 Å². The van der Waals surface area contributed by atoms with E-state index in [2.05, 4.69) is 4.99 Å². The molecule has 1 aromatic rings. The summed E-state index contributed by atoms with van der Waals surface area (Å²) in [6.07, 6.45) is 4.66. The highest BCUT2D eigenvalue weighted by Crippen LogP contribution is 2.30. The van der Waals surface area contributed by atoms with Crippen LogP contribution in [0, 0.1) is 6.92 Å². The van der Waals surface area contributed by atoms with E-state index in [9.17, 15) is 9.90 Å². The fourth-order valence-electron chi connectivity index (χ4n) is 1.68. The topological polar surface area (TPSA) is 75.7 Å². The van der Waals surface area contributed by atoms with Gasteiger partial charge in [-0.3, -0.25) is 4.79 Å². The normalized spacial score (nSPS) is 17.1. The highest BCUT2D eigenvalue weighted by atomic mass is 16.3. The third-order valence-electron chi connectivity index (χ3n) is 2.75. The van der Waals surface area contributed by atoms with Crippen LogP contribution in [-0.4, -0.2) is 16.6 Å². The number of ketones is 1. The van der Waals surface area contributed by atoms with Gasteiger partial charge in [0.25, 0.3) is 0 Å². The number of aromatic hydroxyl groups is 1. The van der Waals surface area contributed by atoms with Gasteiger partial charge in [-0.2, -0.15) is 0 Å². The first-order chi connectivity index (χ1) is 8.47. The minimum absolute atomic E-state index is 0.0405. The number of allylic oxidation sites excluding steroid dienone is 4. The van der Waals surface area contributed by atoms with E-state index in [1.807, 2.05) is 6.92 Å². The molecule has 0 bridgehead atoms. The molecule has 0 saturated carbocycles. The molecular weight excluding hydrogens is 228 g/mol. The molecule has 1 aliphatic carbocycles. The van der Waals surface area contributed by atoms with Crippen molar-refractivity contribution >= 4 is 22.9 Å². The van der Waals surface area contributed by atoms with E-state index in [1.165, 1.54) is 18.2 Å². The van der Waals surface area contributed by atoms with Crippen molar-refractivity contribution in [1.29, 1.82) is 0 Å². The van der Waals surface area contributed by atoms with E-state index >= 15 is 0 Å². The third-order valence-corrected chi connectivity index (χ3v) is 2.75. The number of carbonyl (C=O) groups excluding carboxylic acids is 1. The summed E-state index contributed by atoms with van der Waals surface area (Å²) in [7, 11) is 0. The highest BCUT2D eigenvalue weighted by molar-refractivity contribution is 6.20. The molecule has 0 heterocycles. The average molecular weight is 242 g/mol. The number of hydrogen-bond acceptors (Lipinski definition) is 4. The first kappa shape index (κ1) is 12.1. The lowest BCUT2D eigenvalue weighted by molar-refractivity contribution is -0.110. The van der Waals surface area contributed by atoms with Gasteiger partial charge >= 0.3 is 0 Å². The number of aryl methyl sites for hydroxylation is 1. The number of phenolic OH excluding ortho intramolecular Hbond substituents is 1. The van der Waals surface area contributed by atoms with Gasteiger partial charge in [-0.1, -0.05) is 0 Å². The Morgan fingerprint density at radius 2 is 1.94 bits per heavy atom. The van der Waals surface area contributed by atoms with Crippen LogP contribution >= 0.6 is 0 Å². The molecule has 18 heavy (non-hydrogen) atoms. The molecule has 2 rings (SSSR count). The quantitative estimate of drug-likeness (QED) is 0.586. The SMILES string of the molecule is CC1=CC(=O)C=CC1=Nc1cc(C)c(O)cc1N. The molecule has 92 valence electrons. The zero-order valence-electron chi connectivity index (χ0n) is 10.3. The molecule has 4 heteroatoms. The molecule has 0 spiro atoms. The number of nitrogen functional groups attached to an aromatic ring is 1. The van der Waals surface area contributed by atoms with Gasteiger partial charge in [0, 0.05) is 6.07 Å². The first-order valence-electron chi connectivity index (χ1n) is 5.56. The molecule has 0 aliphatic heterocycles. The summed E-state index contributed by atoms with van der Waals surface area (Å²) < 4.78 is 0. The fraction of sp³-hybridized carbons (Fsp3) is 0.143. The monoisotopic (exact) mass is 242 g/mol. The van der Waals surface area contributed by atoms with Gasteiger partial charge in [0.2, 0.25) is 0 Å². The molecule has 0 amide bonds. The summed E-state index contributed by atoms with van der Waals surface area (Å²) in [6.45, 7) is 3.60. The number of phenols is 1. The van der Waals surface area contributed by atoms with Crippen LogP contribution in [0.5, 0.6) is 5.75 Å². The maximum atomic E-state index is 11.2. The van der Waals surface area contributed by atoms with Gasteiger partial charge < -0.3 is 10.8 Å². The van der Waals surface area contributed by atoms with E-state index in [0.717, 1.165) is 5.57 Å². The molecule has 0 radical (unpaired) electrons. The fourth-order valence-corrected chi connectivity index (χ4v) is 1.68. The minimum atomic E-state index is -0.0405. The van der Waals surface area contributed by atoms with Crippen molar-refractivity contribution in [3.05, 3.63) is 41.5 Å². The Morgan fingerprint density at radius 1 is 1.22 bits per heavy atom. The highest BCUT2D eigenvalue weighted by Gasteiger charge is 2.09. The van der Waals surface area contributed by atoms with Gasteiger partial charge in [-0.25, -0.2) is 4.99 Å². The maximum Gasteiger partial charge on any atom is 0.179 e. The van der Waals surface area contributed by atoms with Crippen LogP contribution in [0.1, 0.15) is 12.5 Å². The number of hydrogen-bond donors (Lipinski definition) is 2. The van der Waals surface area contributed by atoms with Crippen LogP contribution in [-0.2, 0) is 4.79 Å². The van der Waals surface area contributed by atoms with Crippen LogP contribution < -0.4 is 5.73 Å². The maximum absolute atomic E-state index is 11.2. The van der Waals surface area contributed by atoms with Crippen LogP contribution in [0.4, 0.5) is 11.4 Å². The molecule has 0 aromatic heterocycles. The Balaban J connectivity index is 2.46. The lowest BCUT2D eigenvalue weighted by atomic mass is 10.0. The Bertz CT molecular complexity index is 610. The van der Waals surface area contributed by atoms with Crippen molar-refractivity contribution < 1.29 is 9.90 Å². The van der Waals surface area contributed by atoms with E-state index in [1.54, 1.807) is 19.1 Å². The Kier molecular flexibility index (Phi) is 3.02. The molecule has 4 nitrogen and oxygen atoms in total. The number of rotatable bonds is 1. The van der Waals surface area contributed by atoms with Gasteiger partial charge in [-0.15, -0.1) is 0 Å². The first-order valence-corrected chi connectivity index (χ1v) is 5.56. The van der Waals surface area contributed by atoms with E-state index in [0.29, 0.717) is 22.6 Å². The van der Waals surface area contributed by atoms with Gasteiger partial charge in [0.05, 0.1) is 17.1 Å². The third kappa shape index (κ3) is 2.32. The molecule has 0 atom stereocenters. The van der Waals surface area contributed by atoms with E-state index < -0.39 is 0 Å². The number of benzene rings is 1. The lowest BCUT2D eigenvalue weighted by Crippen LogP contribution is -2.05. The molecule has 3 N–H and O–H groups in total. The minimum Gasteiger partial charge on any atom is -0.508 e. The van der Waals surface area contributed by atoms with Crippen molar-refractivity contribution in [1.82, 2.24) is 0 Å². The smallest absolute Gasteiger partial charge is 0.179 e. The Labute approximate surface area is 105 Å². The van der Waals surface area contributed by atoms with Crippen molar-refractivity contribution in [2.45, 2.75) is 13.8 Å². The number of aliphatic imine (C=N–C) groups is 1. The summed E-state index contributed by atoms with van der Waals surface area (Å²) in [6, 6.07) is 3.20. The summed E-state index contributed by atoms with van der Waals surface area (Å²) in [5.74, 6) is 0.111. The van der Waals surface area contributed by atoms with Gasteiger partial charge in [-0.05, 0) is 49.3 Å². The second-order valence-corrected chi connectivity index (χ2v) is 4.26. The molecule has 0 fully saturated rings. The van der Waals surface area contributed by atoms with E-state index in [4.69, 9.17) is 5.73 Å². The average Bonchev–Trinajstić information content (AvgIpc) is 2.29. The van der Waals surface area contributed by atoms with Gasteiger partial charge in [0.15, 0.2) is 5.78 Å². The summed E-state index contributed by atoms with van der Waals surface area (Å²) in [4.78, 5) is 15.6. The zero-order valence-corrected chi connectivity index (χ0v) is 10.3. The molecule has 0 unspecified atom stereocenters. The van der Waals surface area contributed by atoms with Crippen LogP contribution in [0.15, 0.2) is 40.9 Å². The number of carbonyl (C=O) groups is 1. The summed E-state index contributed by atoms with van der Waals surface area (Å²) in [5.41, 5.74) is 9.01. The van der Waals surface area contributed by atoms with Gasteiger partial charge in [0.1, 0.15) is 5.75 Å². The van der Waals surface area contributed by atoms with Crippen LogP contribution in [0.2, 0.25) is 0 Å². The predicted octanol–water partition coefficient (Wildman–Crippen LogP) is 2.44. The van der Waals surface area contributed by atoms with Crippen molar-refractivity contribution in [2.75, 3.05) is 5.73 Å². The summed E-state index contributed by atoms with van der Waals surface area (Å²) in [5, 5.41) is 9.52. The Morgan fingerprint density at radius 3 is 2.61 bits per heavy atom. The van der Waals surface area contributed by atoms with Crippen molar-refractivity contribution in [3.63, 3.8) is 0 Å². The second kappa shape index (κ2) is 4.49. The zero-order chi connectivity index (χ0) is 13.3. The molecule has 1 aromatic carbocycles. The predicted molar refractivity (Wildman–Crippen MR) is 72.3 cm³/mol. The number of anilines is 1. The van der Waals surface area contributed by atoms with Crippen LogP contribution in [0.25, 0.3) is 0 Å². The second-order valence-electron chi connectivity index (χ2n) is 4.26. The molecular formula is C14H14N2O2. The van der Waals surface area contributed by atoms with Crippen molar-refractivity contribution in [3.8, 4) is 5.75 Å². The largest absolute Gasteiger partial charge is 0.508 e. The number of nitrogens with two attached hydrogens (primary N) is 1. The standard InChI is InChI=1S/C14H14N2O2/c1-8-5-10(17)3-4-12(8)16-13-6-9(2)14(18)7-11(13)15/h3-7,18H,15H2,1-2H3. The van der Waals surface area contributed by atoms with E-state index in [-0.39, 0.29) is 11.5 Å². The molecule has 0 saturated heterocycles. The van der Waals surface area contributed by atoms with Crippen molar-refractivity contribution in [2.24, 2.45) is 4.99 Å². The molecule has 1 aliphatic rings. The summed E-state index contributed by atoms with van der Waals surface area (Å²) >= 11 is 0. The Hall–Kier alpha value is -2.36. The number of nitrogens with zero attached hydrogens (tertiary/aromatic N) is 1. The lowest BCUT2D eigenvalue weighted by Gasteiger charge is -2.09.